The number of nitrogens with one attached hydrogen (secondary N) is 1. The minimum Gasteiger partial charge on any atom is -0.393 e. The maximum absolute atomic E-state index is 14.6. The molecule has 0 unspecified atom stereocenters. The van der Waals surface area contributed by atoms with Crippen LogP contribution in [0.4, 0.5) is 27.6 Å². The fourth-order valence-corrected chi connectivity index (χ4v) is 5.25. The Hall–Kier alpha value is -2.68. The van der Waals surface area contributed by atoms with Crippen LogP contribution in [0.2, 0.25) is 0 Å². The molecule has 198 valence electrons. The van der Waals surface area contributed by atoms with Gasteiger partial charge in [0.25, 0.3) is 5.91 Å². The smallest absolute Gasteiger partial charge is 0.393 e. The highest BCUT2D eigenvalue weighted by atomic mass is 32.2. The van der Waals surface area contributed by atoms with Gasteiger partial charge in [0.1, 0.15) is 17.1 Å². The van der Waals surface area contributed by atoms with Gasteiger partial charge in [-0.1, -0.05) is 13.0 Å². The molecule has 2 aromatic rings. The summed E-state index contributed by atoms with van der Waals surface area (Å²) in [5, 5.41) is 20.9. The first-order valence-corrected chi connectivity index (χ1v) is 12.4. The third-order valence-corrected chi connectivity index (χ3v) is 7.46. The molecule has 0 saturated carbocycles. The molecule has 1 aliphatic rings. The van der Waals surface area contributed by atoms with Crippen molar-refractivity contribution in [2.75, 3.05) is 18.2 Å². The van der Waals surface area contributed by atoms with Crippen LogP contribution in [0.25, 0.3) is 0 Å². The van der Waals surface area contributed by atoms with Crippen molar-refractivity contribution in [2.45, 2.75) is 48.6 Å². The molecule has 2 heterocycles. The van der Waals surface area contributed by atoms with Crippen molar-refractivity contribution in [1.29, 1.82) is 0 Å². The molecule has 0 bridgehead atoms. The molecular formula is C22H23F5N2O6S. The van der Waals surface area contributed by atoms with Crippen LogP contribution < -0.4 is 5.32 Å². The van der Waals surface area contributed by atoms with E-state index in [4.69, 9.17) is 9.84 Å². The first-order chi connectivity index (χ1) is 16.5. The summed E-state index contributed by atoms with van der Waals surface area (Å²) in [5.41, 5.74) is -3.43. The first-order valence-electron chi connectivity index (χ1n) is 10.5. The number of pyridine rings is 1. The third-order valence-electron chi connectivity index (χ3n) is 6.31. The zero-order valence-corrected chi connectivity index (χ0v) is 20.0. The van der Waals surface area contributed by atoms with Crippen molar-refractivity contribution in [1.82, 2.24) is 4.98 Å². The predicted molar refractivity (Wildman–Crippen MR) is 116 cm³/mol. The third kappa shape index (κ3) is 4.94. The molecule has 0 radical (unpaired) electrons. The van der Waals surface area contributed by atoms with E-state index in [9.17, 15) is 40.3 Å². The van der Waals surface area contributed by atoms with Crippen molar-refractivity contribution in [2.24, 2.45) is 5.92 Å². The molecule has 5 atom stereocenters. The molecule has 3 N–H and O–H groups in total. The van der Waals surface area contributed by atoms with Gasteiger partial charge < -0.3 is 20.3 Å². The lowest BCUT2D eigenvalue weighted by Gasteiger charge is -2.32. The Bertz CT molecular complexity index is 1250. The molecule has 14 heteroatoms. The van der Waals surface area contributed by atoms with E-state index < -0.39 is 80.3 Å². The van der Waals surface area contributed by atoms with E-state index in [1.54, 1.807) is 0 Å². The minimum absolute atomic E-state index is 0.0156. The molecule has 3 rings (SSSR count). The fraction of sp³-hybridized carbons (Fsp3) is 0.455. The number of rotatable bonds is 6. The molecule has 1 aliphatic heterocycles. The summed E-state index contributed by atoms with van der Waals surface area (Å²) in [6.45, 7) is 1.14. The number of amides is 1. The molecule has 1 amide bonds. The lowest BCUT2D eigenvalue weighted by atomic mass is 9.77. The SMILES string of the molecule is C[C@H]1[C@@H](c2ccc(F)c(F)c2S(C)(=O)=O)[C@H](C(=O)Nc2ccc([C@H](O)CO)nc2)O[C@@]1(C)C(F)(F)F. The van der Waals surface area contributed by atoms with E-state index >= 15 is 0 Å². The molecule has 36 heavy (non-hydrogen) atoms. The van der Waals surface area contributed by atoms with Gasteiger partial charge in [-0.25, -0.2) is 17.2 Å². The summed E-state index contributed by atoms with van der Waals surface area (Å²) in [5.74, 6) is -7.66. The van der Waals surface area contributed by atoms with Gasteiger partial charge in [-0.3, -0.25) is 9.78 Å². The van der Waals surface area contributed by atoms with Crippen LogP contribution in [0.5, 0.6) is 0 Å². The summed E-state index contributed by atoms with van der Waals surface area (Å²) in [6, 6.07) is 3.91. The number of benzene rings is 1. The number of hydrogen-bond donors (Lipinski definition) is 3. The van der Waals surface area contributed by atoms with Crippen molar-refractivity contribution in [3.8, 4) is 0 Å². The average Bonchev–Trinajstić information content (AvgIpc) is 3.06. The van der Waals surface area contributed by atoms with Gasteiger partial charge in [-0.2, -0.15) is 13.2 Å². The van der Waals surface area contributed by atoms with Crippen LogP contribution in [-0.2, 0) is 19.4 Å². The second-order valence-corrected chi connectivity index (χ2v) is 10.6. The zero-order chi connectivity index (χ0) is 27.2. The summed E-state index contributed by atoms with van der Waals surface area (Å²) in [7, 11) is -4.48. The molecule has 8 nitrogen and oxygen atoms in total. The van der Waals surface area contributed by atoms with E-state index in [1.165, 1.54) is 12.1 Å². The quantitative estimate of drug-likeness (QED) is 0.483. The number of hydrogen-bond acceptors (Lipinski definition) is 7. The van der Waals surface area contributed by atoms with Crippen LogP contribution in [0.3, 0.4) is 0 Å². The summed E-state index contributed by atoms with van der Waals surface area (Å²) < 4.78 is 100. The highest BCUT2D eigenvalue weighted by Gasteiger charge is 2.66. The van der Waals surface area contributed by atoms with Gasteiger partial charge in [-0.05, 0) is 30.7 Å². The van der Waals surface area contributed by atoms with Crippen LogP contribution in [0.15, 0.2) is 35.4 Å². The summed E-state index contributed by atoms with van der Waals surface area (Å²) >= 11 is 0. The zero-order valence-electron chi connectivity index (χ0n) is 19.2. The van der Waals surface area contributed by atoms with E-state index in [-0.39, 0.29) is 11.4 Å². The topological polar surface area (TPSA) is 126 Å². The number of aromatic nitrogens is 1. The molecule has 0 aliphatic carbocycles. The lowest BCUT2D eigenvalue weighted by molar-refractivity contribution is -0.272. The van der Waals surface area contributed by atoms with Crippen LogP contribution in [-0.4, -0.2) is 60.3 Å². The minimum atomic E-state index is -5.01. The Morgan fingerprint density at radius 2 is 1.89 bits per heavy atom. The normalized spacial score (nSPS) is 25.6. The number of ether oxygens (including phenoxy) is 1. The van der Waals surface area contributed by atoms with Gasteiger partial charge in [-0.15, -0.1) is 0 Å². The standard InChI is InChI=1S/C22H23F5N2O6S/c1-10-16(12-5-6-13(23)17(24)19(12)36(3,33)34)18(35-21(10,2)22(25,26)27)20(32)29-11-4-7-14(28-8-11)15(31)9-30/h4-8,10,15-16,18,30-31H,9H2,1-3H3,(H,29,32)/t10-,15+,16-,18+,21+/m0/s1. The second-order valence-electron chi connectivity index (χ2n) is 8.67. The van der Waals surface area contributed by atoms with E-state index in [1.807, 2.05) is 0 Å². The number of carbonyl (C=O) groups excluding carboxylic acids is 1. The number of nitrogens with zero attached hydrogens (tertiary/aromatic N) is 1. The molecule has 1 aromatic carbocycles. The Balaban J connectivity index is 2.10. The highest BCUT2D eigenvalue weighted by molar-refractivity contribution is 7.90. The van der Waals surface area contributed by atoms with E-state index in [0.29, 0.717) is 19.2 Å². The number of aliphatic hydroxyl groups excluding tert-OH is 2. The van der Waals surface area contributed by atoms with Crippen molar-refractivity contribution in [3.05, 3.63) is 53.4 Å². The summed E-state index contributed by atoms with van der Waals surface area (Å²) in [4.78, 5) is 15.8. The molecule has 1 fully saturated rings. The molecule has 0 spiro atoms. The van der Waals surface area contributed by atoms with Crippen LogP contribution in [0, 0.1) is 17.6 Å². The Kier molecular flexibility index (Phi) is 7.48. The first kappa shape index (κ1) is 27.9. The van der Waals surface area contributed by atoms with Crippen LogP contribution in [0.1, 0.15) is 37.1 Å². The maximum Gasteiger partial charge on any atom is 0.417 e. The number of anilines is 1. The predicted octanol–water partition coefficient (Wildman–Crippen LogP) is 2.87. The van der Waals surface area contributed by atoms with Gasteiger partial charge >= 0.3 is 6.18 Å². The lowest BCUT2D eigenvalue weighted by Crippen LogP contribution is -2.47. The molecule has 1 saturated heterocycles. The van der Waals surface area contributed by atoms with Gasteiger partial charge in [0.05, 0.1) is 24.2 Å². The largest absolute Gasteiger partial charge is 0.417 e. The Labute approximate surface area is 203 Å². The number of carbonyl (C=O) groups is 1. The van der Waals surface area contributed by atoms with Gasteiger partial charge in [0.15, 0.2) is 27.1 Å². The Morgan fingerprint density at radius 3 is 2.39 bits per heavy atom. The van der Waals surface area contributed by atoms with Gasteiger partial charge in [0, 0.05) is 18.1 Å². The number of sulfone groups is 1. The maximum atomic E-state index is 14.6. The second kappa shape index (κ2) is 9.65. The van der Waals surface area contributed by atoms with E-state index in [0.717, 1.165) is 19.2 Å². The van der Waals surface area contributed by atoms with Gasteiger partial charge in [0.2, 0.25) is 0 Å². The molecular weight excluding hydrogens is 515 g/mol. The number of halogens is 5. The summed E-state index contributed by atoms with van der Waals surface area (Å²) in [6.07, 6.45) is -6.62. The van der Waals surface area contributed by atoms with Crippen LogP contribution >= 0.6 is 0 Å². The average molecular weight is 538 g/mol. The Morgan fingerprint density at radius 1 is 1.25 bits per heavy atom. The van der Waals surface area contributed by atoms with Crippen molar-refractivity contribution < 1.29 is 50.1 Å². The number of aliphatic hydroxyl groups is 2. The van der Waals surface area contributed by atoms with Crippen molar-refractivity contribution >= 4 is 21.4 Å². The number of alkyl halides is 3. The van der Waals surface area contributed by atoms with Crippen molar-refractivity contribution in [3.63, 3.8) is 0 Å². The van der Waals surface area contributed by atoms with E-state index in [2.05, 4.69) is 10.3 Å². The monoisotopic (exact) mass is 538 g/mol. The fourth-order valence-electron chi connectivity index (χ4n) is 4.19. The molecule has 1 aromatic heterocycles. The highest BCUT2D eigenvalue weighted by Crippen LogP contribution is 2.54.